The van der Waals surface area contributed by atoms with Crippen molar-refractivity contribution < 1.29 is 23.0 Å². The van der Waals surface area contributed by atoms with Crippen molar-refractivity contribution in [2.45, 2.75) is 51.1 Å². The van der Waals surface area contributed by atoms with Crippen LogP contribution in [0.5, 0.6) is 5.75 Å². The summed E-state index contributed by atoms with van der Waals surface area (Å²) in [7, 11) is -2.30. The van der Waals surface area contributed by atoms with Crippen molar-refractivity contribution in [1.29, 1.82) is 0 Å². The largest absolute Gasteiger partial charge is 0.506 e. The zero-order valence-electron chi connectivity index (χ0n) is 19.5. The molecule has 186 valence electrons. The van der Waals surface area contributed by atoms with Gasteiger partial charge in [-0.1, -0.05) is 49.4 Å². The van der Waals surface area contributed by atoms with E-state index in [1.165, 1.54) is 12.1 Å². The molecule has 4 aromatic rings. The van der Waals surface area contributed by atoms with Gasteiger partial charge >= 0.3 is 6.18 Å². The number of ether oxygens (including phenoxy) is 1. The number of nitrogens with zero attached hydrogens (tertiary/aromatic N) is 2. The van der Waals surface area contributed by atoms with Crippen LogP contribution >= 0.6 is 11.5 Å². The second-order valence-electron chi connectivity index (χ2n) is 9.49. The van der Waals surface area contributed by atoms with Crippen molar-refractivity contribution in [3.63, 3.8) is 0 Å². The molecule has 0 spiro atoms. The van der Waals surface area contributed by atoms with Crippen LogP contribution in [0.3, 0.4) is 0 Å². The Morgan fingerprint density at radius 2 is 1.83 bits per heavy atom. The Morgan fingerprint density at radius 1 is 1.14 bits per heavy atom. The zero-order valence-corrected chi connectivity index (χ0v) is 21.3. The number of rotatable bonds is 6. The number of phenolic OH excluding ortho intramolecular Hbond substituents is 1. The number of para-hydroxylation sites is 1. The third kappa shape index (κ3) is 4.65. The summed E-state index contributed by atoms with van der Waals surface area (Å²) in [6.45, 7) is 6.37. The van der Waals surface area contributed by atoms with E-state index in [9.17, 15) is 27.9 Å². The highest BCUT2D eigenvalue weighted by Crippen LogP contribution is 2.41. The van der Waals surface area contributed by atoms with E-state index in [0.717, 1.165) is 11.5 Å². The van der Waals surface area contributed by atoms with Crippen LogP contribution in [0.2, 0.25) is 19.6 Å². The maximum Gasteiger partial charge on any atom is 0.407 e. The standard InChI is InChI=1S/C23H24F3N3O4SSi/c1-22(35(2,3)4,33-11-16-20(31)28-15-9-6-10-17(30)18(15)27-16)14-8-5-7-13-19(14)34-29(21(13)32)12-23(24,25)26/h5-10,30H,11-12H2,1-4H3,(H,28,31). The van der Waals surface area contributed by atoms with Crippen LogP contribution in [0, 0.1) is 0 Å². The van der Waals surface area contributed by atoms with E-state index < -0.39 is 37.1 Å². The second-order valence-corrected chi connectivity index (χ2v) is 16.0. The molecule has 2 aromatic carbocycles. The SMILES string of the molecule is CC(OCc1nc2c(O)cccc2[nH]c1=O)(c1cccc2c(=O)n(CC(F)(F)F)sc12)[Si](C)(C)C. The quantitative estimate of drug-likeness (QED) is 0.351. The summed E-state index contributed by atoms with van der Waals surface area (Å²) in [4.78, 5) is 32.3. The summed E-state index contributed by atoms with van der Waals surface area (Å²) >= 11 is 0.759. The molecule has 2 heterocycles. The highest BCUT2D eigenvalue weighted by molar-refractivity contribution is 7.14. The van der Waals surface area contributed by atoms with Crippen molar-refractivity contribution in [2.75, 3.05) is 0 Å². The van der Waals surface area contributed by atoms with Gasteiger partial charge in [0.15, 0.2) is 0 Å². The van der Waals surface area contributed by atoms with Gasteiger partial charge in [0.1, 0.15) is 23.5 Å². The first kappa shape index (κ1) is 25.1. The molecule has 1 unspecified atom stereocenters. The first-order valence-electron chi connectivity index (χ1n) is 10.8. The number of nitrogens with one attached hydrogen (secondary N) is 1. The predicted octanol–water partition coefficient (Wildman–Crippen LogP) is 4.88. The molecule has 0 saturated carbocycles. The van der Waals surface area contributed by atoms with Gasteiger partial charge in [-0.2, -0.15) is 13.2 Å². The van der Waals surface area contributed by atoms with Gasteiger partial charge in [0.05, 0.1) is 35.5 Å². The van der Waals surface area contributed by atoms with Gasteiger partial charge in [-0.15, -0.1) is 0 Å². The molecule has 2 aromatic heterocycles. The molecule has 35 heavy (non-hydrogen) atoms. The fourth-order valence-electron chi connectivity index (χ4n) is 3.87. The second kappa shape index (κ2) is 8.61. The lowest BCUT2D eigenvalue weighted by atomic mass is 10.1. The fourth-order valence-corrected chi connectivity index (χ4v) is 6.71. The minimum absolute atomic E-state index is 0.0541. The molecule has 0 aliphatic carbocycles. The van der Waals surface area contributed by atoms with Gasteiger partial charge in [-0.25, -0.2) is 4.98 Å². The van der Waals surface area contributed by atoms with E-state index in [1.807, 2.05) is 26.6 Å². The van der Waals surface area contributed by atoms with Gasteiger partial charge in [0.2, 0.25) is 0 Å². The predicted molar refractivity (Wildman–Crippen MR) is 132 cm³/mol. The molecule has 0 aliphatic heterocycles. The topological polar surface area (TPSA) is 97.2 Å². The third-order valence-corrected chi connectivity index (χ3v) is 10.6. The molecule has 2 N–H and O–H groups in total. The van der Waals surface area contributed by atoms with Crippen molar-refractivity contribution >= 4 is 40.7 Å². The Balaban J connectivity index is 1.80. The van der Waals surface area contributed by atoms with Gasteiger partial charge < -0.3 is 14.8 Å². The molecule has 0 amide bonds. The molecule has 0 aliphatic rings. The summed E-state index contributed by atoms with van der Waals surface area (Å²) in [6.07, 6.45) is -4.53. The summed E-state index contributed by atoms with van der Waals surface area (Å²) in [5.74, 6) is -0.0893. The molecular weight excluding hydrogens is 499 g/mol. The van der Waals surface area contributed by atoms with E-state index in [-0.39, 0.29) is 29.0 Å². The van der Waals surface area contributed by atoms with Gasteiger partial charge in [-0.05, 0) is 30.7 Å². The van der Waals surface area contributed by atoms with Gasteiger partial charge in [-0.3, -0.25) is 13.5 Å². The van der Waals surface area contributed by atoms with Crippen LogP contribution in [0.15, 0.2) is 46.0 Å². The highest BCUT2D eigenvalue weighted by Gasteiger charge is 2.44. The van der Waals surface area contributed by atoms with Crippen molar-refractivity contribution in [1.82, 2.24) is 13.9 Å². The molecule has 4 rings (SSSR count). The number of phenols is 1. The first-order chi connectivity index (χ1) is 16.2. The number of halogens is 3. The minimum Gasteiger partial charge on any atom is -0.506 e. The molecule has 12 heteroatoms. The van der Waals surface area contributed by atoms with Gasteiger partial charge in [0.25, 0.3) is 11.1 Å². The Bertz CT molecular complexity index is 1540. The number of aromatic hydroxyl groups is 1. The molecule has 7 nitrogen and oxygen atoms in total. The first-order valence-corrected chi connectivity index (χ1v) is 15.0. The van der Waals surface area contributed by atoms with Crippen molar-refractivity contribution in [3.8, 4) is 5.75 Å². The normalized spacial score (nSPS) is 14.5. The van der Waals surface area contributed by atoms with E-state index in [2.05, 4.69) is 9.97 Å². The maximum absolute atomic E-state index is 13.0. The summed E-state index contributed by atoms with van der Waals surface area (Å²) in [6, 6.07) is 9.55. The van der Waals surface area contributed by atoms with Crippen molar-refractivity contribution in [2.24, 2.45) is 0 Å². The maximum atomic E-state index is 13.0. The number of fused-ring (bicyclic) bond motifs is 2. The van der Waals surface area contributed by atoms with Crippen LogP contribution in [0.4, 0.5) is 13.2 Å². The van der Waals surface area contributed by atoms with Crippen LogP contribution in [-0.2, 0) is 23.1 Å². The number of hydrogen-bond acceptors (Lipinski definition) is 6. The minimum atomic E-state index is -4.53. The lowest BCUT2D eigenvalue weighted by Gasteiger charge is -2.41. The van der Waals surface area contributed by atoms with E-state index >= 15 is 0 Å². The highest BCUT2D eigenvalue weighted by atomic mass is 32.1. The smallest absolute Gasteiger partial charge is 0.407 e. The number of hydrogen-bond donors (Lipinski definition) is 2. The summed E-state index contributed by atoms with van der Waals surface area (Å²) in [5.41, 5.74) is 0.0818. The number of H-pyrrole nitrogens is 1. The molecule has 0 fully saturated rings. The Hall–Kier alpha value is -2.96. The van der Waals surface area contributed by atoms with Crippen LogP contribution in [0.1, 0.15) is 18.2 Å². The molecule has 0 radical (unpaired) electrons. The number of alkyl halides is 3. The Morgan fingerprint density at radius 3 is 2.49 bits per heavy atom. The van der Waals surface area contributed by atoms with E-state index in [0.29, 0.717) is 19.7 Å². The molecular formula is C23H24F3N3O4SSi. The average Bonchev–Trinajstić information content (AvgIpc) is 3.05. The Labute approximate surface area is 203 Å². The summed E-state index contributed by atoms with van der Waals surface area (Å²) in [5, 5.41) is 9.33. The number of aromatic amines is 1. The lowest BCUT2D eigenvalue weighted by molar-refractivity contribution is -0.139. The van der Waals surface area contributed by atoms with Gasteiger partial charge in [0, 0.05) is 0 Å². The average molecular weight is 524 g/mol. The summed E-state index contributed by atoms with van der Waals surface area (Å²) < 4.78 is 46.6. The number of aromatic nitrogens is 3. The lowest BCUT2D eigenvalue weighted by Crippen LogP contribution is -2.49. The zero-order chi connectivity index (χ0) is 25.8. The van der Waals surface area contributed by atoms with Crippen LogP contribution in [-0.4, -0.2) is 33.3 Å². The Kier molecular flexibility index (Phi) is 6.18. The van der Waals surface area contributed by atoms with Crippen LogP contribution < -0.4 is 11.1 Å². The van der Waals surface area contributed by atoms with E-state index in [1.54, 1.807) is 24.3 Å². The third-order valence-electron chi connectivity index (χ3n) is 6.21. The molecule has 0 bridgehead atoms. The van der Waals surface area contributed by atoms with Crippen molar-refractivity contribution in [3.05, 3.63) is 68.4 Å². The van der Waals surface area contributed by atoms with Crippen LogP contribution in [0.25, 0.3) is 21.1 Å². The molecule has 1 atom stereocenters. The number of benzene rings is 2. The monoisotopic (exact) mass is 523 g/mol. The molecule has 0 saturated heterocycles. The van der Waals surface area contributed by atoms with E-state index in [4.69, 9.17) is 4.74 Å². The fraction of sp³-hybridized carbons (Fsp3) is 0.348.